The quantitative estimate of drug-likeness (QED) is 0.872. The molecule has 4 nitrogen and oxygen atoms in total. The van der Waals surface area contributed by atoms with Crippen LogP contribution in [-0.2, 0) is 17.9 Å². The number of nitrogens with two attached hydrogens (primary N) is 1. The summed E-state index contributed by atoms with van der Waals surface area (Å²) in [5, 5.41) is 1.12. The van der Waals surface area contributed by atoms with Crippen molar-refractivity contribution in [1.29, 1.82) is 0 Å². The predicted molar refractivity (Wildman–Crippen MR) is 80.6 cm³/mol. The second-order valence-electron chi connectivity index (χ2n) is 5.38. The summed E-state index contributed by atoms with van der Waals surface area (Å²) in [5.74, 6) is 0. The van der Waals surface area contributed by atoms with E-state index in [1.165, 1.54) is 19.3 Å². The van der Waals surface area contributed by atoms with Gasteiger partial charge in [0.2, 0.25) is 0 Å². The molecule has 1 aliphatic heterocycles. The lowest BCUT2D eigenvalue weighted by molar-refractivity contribution is 0.181. The van der Waals surface area contributed by atoms with E-state index >= 15 is 0 Å². The number of methoxy groups -OCH3 is 1. The highest BCUT2D eigenvalue weighted by Crippen LogP contribution is 2.40. The molecule has 108 valence electrons. The predicted octanol–water partition coefficient (Wildman–Crippen LogP) is 2.76. The van der Waals surface area contributed by atoms with E-state index in [-0.39, 0.29) is 0 Å². The minimum atomic E-state index is 0.482. The van der Waals surface area contributed by atoms with E-state index in [2.05, 4.69) is 18.7 Å². The van der Waals surface area contributed by atoms with E-state index < -0.39 is 0 Å². The Labute approximate surface area is 120 Å². The Hall–Kier alpha value is -0.650. The fraction of sp³-hybridized carbons (Fsp3) is 0.786. The summed E-state index contributed by atoms with van der Waals surface area (Å²) in [6.45, 7) is 7.96. The minimum absolute atomic E-state index is 0.482. The van der Waals surface area contributed by atoms with Crippen molar-refractivity contribution in [2.24, 2.45) is 11.1 Å². The molecular weight excluding hydrogens is 258 g/mol. The summed E-state index contributed by atoms with van der Waals surface area (Å²) >= 11 is 1.73. The van der Waals surface area contributed by atoms with Gasteiger partial charge in [-0.1, -0.05) is 13.8 Å². The first kappa shape index (κ1) is 14.8. The van der Waals surface area contributed by atoms with Gasteiger partial charge in [-0.25, -0.2) is 4.98 Å². The van der Waals surface area contributed by atoms with Crippen LogP contribution in [0.15, 0.2) is 0 Å². The van der Waals surface area contributed by atoms with Crippen molar-refractivity contribution >= 4 is 16.5 Å². The van der Waals surface area contributed by atoms with Gasteiger partial charge in [0.1, 0.15) is 0 Å². The Morgan fingerprint density at radius 2 is 2.16 bits per heavy atom. The molecule has 0 unspecified atom stereocenters. The summed E-state index contributed by atoms with van der Waals surface area (Å²) in [5.41, 5.74) is 7.29. The molecule has 5 heteroatoms. The van der Waals surface area contributed by atoms with Crippen molar-refractivity contribution in [3.63, 3.8) is 0 Å². The maximum atomic E-state index is 5.79. The van der Waals surface area contributed by atoms with Gasteiger partial charge in [-0.15, -0.1) is 11.3 Å². The summed E-state index contributed by atoms with van der Waals surface area (Å²) in [6.07, 6.45) is 3.78. The molecule has 19 heavy (non-hydrogen) atoms. The number of ether oxygens (including phenoxy) is 1. The van der Waals surface area contributed by atoms with E-state index in [4.69, 9.17) is 15.5 Å². The molecule has 2 N–H and O–H groups in total. The van der Waals surface area contributed by atoms with Crippen LogP contribution in [0, 0.1) is 5.41 Å². The third-order valence-corrected chi connectivity index (χ3v) is 5.62. The monoisotopic (exact) mass is 283 g/mol. The average Bonchev–Trinajstić information content (AvgIpc) is 3.03. The van der Waals surface area contributed by atoms with Crippen LogP contribution in [-0.4, -0.2) is 25.2 Å². The maximum Gasteiger partial charge on any atom is 0.185 e. The Morgan fingerprint density at radius 3 is 2.68 bits per heavy atom. The molecular formula is C14H25N3OS. The molecule has 1 aromatic rings. The zero-order chi connectivity index (χ0) is 13.9. The molecule has 0 saturated carbocycles. The topological polar surface area (TPSA) is 51.4 Å². The van der Waals surface area contributed by atoms with Gasteiger partial charge in [-0.3, -0.25) is 0 Å². The summed E-state index contributed by atoms with van der Waals surface area (Å²) in [4.78, 5) is 8.31. The lowest BCUT2D eigenvalue weighted by Gasteiger charge is -2.26. The van der Waals surface area contributed by atoms with Crippen LogP contribution in [0.5, 0.6) is 0 Å². The van der Waals surface area contributed by atoms with Gasteiger partial charge in [0.25, 0.3) is 0 Å². The molecule has 0 aromatic carbocycles. The van der Waals surface area contributed by atoms with Crippen LogP contribution < -0.4 is 10.6 Å². The fourth-order valence-electron chi connectivity index (χ4n) is 2.84. The number of thiazole rings is 1. The van der Waals surface area contributed by atoms with Crippen molar-refractivity contribution in [2.45, 2.75) is 46.3 Å². The molecule has 0 bridgehead atoms. The third-order valence-electron chi connectivity index (χ3n) is 4.44. The SMILES string of the molecule is CCC1(CC)CCN(c2nc(COC)c(CN)s2)C1. The summed E-state index contributed by atoms with van der Waals surface area (Å²) in [6, 6.07) is 0. The molecule has 0 atom stereocenters. The number of aromatic nitrogens is 1. The lowest BCUT2D eigenvalue weighted by Crippen LogP contribution is -2.26. The molecule has 1 saturated heterocycles. The Balaban J connectivity index is 2.15. The summed E-state index contributed by atoms with van der Waals surface area (Å²) in [7, 11) is 1.70. The third kappa shape index (κ3) is 2.93. The van der Waals surface area contributed by atoms with Crippen LogP contribution >= 0.6 is 11.3 Å². The average molecular weight is 283 g/mol. The van der Waals surface area contributed by atoms with Gasteiger partial charge in [0, 0.05) is 31.6 Å². The van der Waals surface area contributed by atoms with Crippen LogP contribution in [0.3, 0.4) is 0 Å². The zero-order valence-corrected chi connectivity index (χ0v) is 13.1. The van der Waals surface area contributed by atoms with Gasteiger partial charge in [0.15, 0.2) is 5.13 Å². The van der Waals surface area contributed by atoms with Gasteiger partial charge in [0.05, 0.1) is 12.3 Å². The normalized spacial score (nSPS) is 18.2. The first-order valence-electron chi connectivity index (χ1n) is 7.10. The maximum absolute atomic E-state index is 5.79. The second kappa shape index (κ2) is 6.20. The Morgan fingerprint density at radius 1 is 1.42 bits per heavy atom. The molecule has 0 spiro atoms. The highest BCUT2D eigenvalue weighted by molar-refractivity contribution is 7.15. The standard InChI is InChI=1S/C14H25N3OS/c1-4-14(5-2)6-7-17(10-14)13-16-11(9-18-3)12(8-15)19-13/h4-10,15H2,1-3H3. The first-order chi connectivity index (χ1) is 9.18. The zero-order valence-electron chi connectivity index (χ0n) is 12.2. The first-order valence-corrected chi connectivity index (χ1v) is 7.92. The smallest absolute Gasteiger partial charge is 0.185 e. The molecule has 0 aliphatic carbocycles. The van der Waals surface area contributed by atoms with Crippen molar-refractivity contribution in [1.82, 2.24) is 4.98 Å². The van der Waals surface area contributed by atoms with Gasteiger partial charge in [-0.2, -0.15) is 0 Å². The number of rotatable bonds is 6. The van der Waals surface area contributed by atoms with Crippen LogP contribution in [0.4, 0.5) is 5.13 Å². The van der Waals surface area contributed by atoms with E-state index in [1.807, 2.05) is 0 Å². The molecule has 1 aromatic heterocycles. The fourth-order valence-corrected chi connectivity index (χ4v) is 3.81. The molecule has 2 rings (SSSR count). The summed E-state index contributed by atoms with van der Waals surface area (Å²) < 4.78 is 5.20. The largest absolute Gasteiger partial charge is 0.378 e. The number of hydrogen-bond acceptors (Lipinski definition) is 5. The van der Waals surface area contributed by atoms with Crippen molar-refractivity contribution in [3.8, 4) is 0 Å². The molecule has 1 aliphatic rings. The highest BCUT2D eigenvalue weighted by atomic mass is 32.1. The van der Waals surface area contributed by atoms with Gasteiger partial charge >= 0.3 is 0 Å². The second-order valence-corrected chi connectivity index (χ2v) is 6.44. The number of anilines is 1. The van der Waals surface area contributed by atoms with Crippen LogP contribution in [0.1, 0.15) is 43.7 Å². The van der Waals surface area contributed by atoms with E-state index in [1.54, 1.807) is 18.4 Å². The van der Waals surface area contributed by atoms with E-state index in [0.29, 0.717) is 18.6 Å². The highest BCUT2D eigenvalue weighted by Gasteiger charge is 2.36. The molecule has 2 heterocycles. The molecule has 0 amide bonds. The van der Waals surface area contributed by atoms with Crippen LogP contribution in [0.25, 0.3) is 0 Å². The Kier molecular flexibility index (Phi) is 4.81. The Bertz CT molecular complexity index is 415. The van der Waals surface area contributed by atoms with Crippen molar-refractivity contribution in [2.75, 3.05) is 25.1 Å². The molecule has 1 fully saturated rings. The van der Waals surface area contributed by atoms with Gasteiger partial charge in [-0.05, 0) is 24.7 Å². The van der Waals surface area contributed by atoms with Gasteiger partial charge < -0.3 is 15.4 Å². The van der Waals surface area contributed by atoms with Crippen molar-refractivity contribution in [3.05, 3.63) is 10.6 Å². The van der Waals surface area contributed by atoms with E-state index in [9.17, 15) is 0 Å². The minimum Gasteiger partial charge on any atom is -0.378 e. The lowest BCUT2D eigenvalue weighted by atomic mass is 9.82. The van der Waals surface area contributed by atoms with Crippen molar-refractivity contribution < 1.29 is 4.74 Å². The number of nitrogens with zero attached hydrogens (tertiary/aromatic N) is 2. The van der Waals surface area contributed by atoms with Crippen LogP contribution in [0.2, 0.25) is 0 Å². The number of hydrogen-bond donors (Lipinski definition) is 1. The van der Waals surface area contributed by atoms with E-state index in [0.717, 1.165) is 28.8 Å². The molecule has 0 radical (unpaired) electrons.